The Morgan fingerprint density at radius 2 is 2.00 bits per heavy atom. The lowest BCUT2D eigenvalue weighted by molar-refractivity contribution is 0.416. The van der Waals surface area contributed by atoms with Gasteiger partial charge in [-0.2, -0.15) is 0 Å². The van der Waals surface area contributed by atoms with Crippen molar-refractivity contribution >= 4 is 33.9 Å². The second-order valence-electron chi connectivity index (χ2n) is 4.21. The molecule has 0 aliphatic carbocycles. The topological polar surface area (TPSA) is 47.0 Å². The van der Waals surface area contributed by atoms with Crippen molar-refractivity contribution in [2.45, 2.75) is 0 Å². The van der Waals surface area contributed by atoms with Crippen molar-refractivity contribution in [3.63, 3.8) is 0 Å². The van der Waals surface area contributed by atoms with Gasteiger partial charge in [0.2, 0.25) is 0 Å². The molecular weight excluding hydrogens is 274 g/mol. The fourth-order valence-electron chi connectivity index (χ4n) is 2.00. The van der Waals surface area contributed by atoms with E-state index in [2.05, 4.69) is 15.3 Å². The minimum atomic E-state index is 0.371. The number of nitrogens with one attached hydrogen (secondary N) is 1. The Kier molecular flexibility index (Phi) is 3.39. The fraction of sp³-hybridized carbons (Fsp3) is 0.0667. The van der Waals surface area contributed by atoms with Crippen LogP contribution in [0.25, 0.3) is 10.9 Å². The van der Waals surface area contributed by atoms with Crippen molar-refractivity contribution in [3.8, 4) is 5.75 Å². The molecule has 3 rings (SSSR count). The summed E-state index contributed by atoms with van der Waals surface area (Å²) >= 11 is 6.11. The van der Waals surface area contributed by atoms with Gasteiger partial charge in [-0.25, -0.2) is 4.98 Å². The number of anilines is 2. The predicted molar refractivity (Wildman–Crippen MR) is 80.8 cm³/mol. The van der Waals surface area contributed by atoms with Crippen molar-refractivity contribution in [2.24, 2.45) is 0 Å². The van der Waals surface area contributed by atoms with Gasteiger partial charge >= 0.3 is 0 Å². The van der Waals surface area contributed by atoms with Crippen molar-refractivity contribution in [1.29, 1.82) is 0 Å². The van der Waals surface area contributed by atoms with Crippen LogP contribution < -0.4 is 10.1 Å². The number of aromatic nitrogens is 2. The highest BCUT2D eigenvalue weighted by Gasteiger charge is 2.09. The van der Waals surface area contributed by atoms with E-state index in [1.165, 1.54) is 0 Å². The van der Waals surface area contributed by atoms with Crippen LogP contribution in [0.4, 0.5) is 11.4 Å². The van der Waals surface area contributed by atoms with Crippen molar-refractivity contribution < 1.29 is 4.74 Å². The van der Waals surface area contributed by atoms with Gasteiger partial charge in [0.25, 0.3) is 0 Å². The zero-order valence-corrected chi connectivity index (χ0v) is 11.6. The third kappa shape index (κ3) is 2.38. The molecule has 0 fully saturated rings. The largest absolute Gasteiger partial charge is 0.494 e. The van der Waals surface area contributed by atoms with Crippen LogP contribution in [0.5, 0.6) is 5.75 Å². The van der Waals surface area contributed by atoms with E-state index in [0.717, 1.165) is 16.6 Å². The van der Waals surface area contributed by atoms with Crippen LogP contribution in [0.2, 0.25) is 5.15 Å². The monoisotopic (exact) mass is 285 g/mol. The second kappa shape index (κ2) is 5.35. The molecule has 0 aliphatic heterocycles. The van der Waals surface area contributed by atoms with Crippen molar-refractivity contribution in [3.05, 3.63) is 53.9 Å². The third-order valence-electron chi connectivity index (χ3n) is 2.96. The van der Waals surface area contributed by atoms with Gasteiger partial charge in [-0.1, -0.05) is 17.7 Å². The van der Waals surface area contributed by atoms with Gasteiger partial charge in [0, 0.05) is 29.5 Å². The van der Waals surface area contributed by atoms with Gasteiger partial charge in [-0.15, -0.1) is 0 Å². The molecule has 100 valence electrons. The van der Waals surface area contributed by atoms with E-state index in [0.29, 0.717) is 16.6 Å². The maximum atomic E-state index is 6.11. The van der Waals surface area contributed by atoms with E-state index >= 15 is 0 Å². The molecule has 0 aliphatic rings. The summed E-state index contributed by atoms with van der Waals surface area (Å²) in [5, 5.41) is 4.66. The quantitative estimate of drug-likeness (QED) is 0.738. The number of benzene rings is 1. The molecule has 1 aromatic carbocycles. The normalized spacial score (nSPS) is 10.5. The van der Waals surface area contributed by atoms with Crippen LogP contribution in [0, 0.1) is 0 Å². The summed E-state index contributed by atoms with van der Waals surface area (Å²) < 4.78 is 5.29. The molecular formula is C15H12ClN3O. The van der Waals surface area contributed by atoms with E-state index in [4.69, 9.17) is 16.3 Å². The van der Waals surface area contributed by atoms with Crippen molar-refractivity contribution in [1.82, 2.24) is 9.97 Å². The minimum absolute atomic E-state index is 0.371. The lowest BCUT2D eigenvalue weighted by atomic mass is 10.2. The predicted octanol–water partition coefficient (Wildman–Crippen LogP) is 4.04. The van der Waals surface area contributed by atoms with E-state index in [1.807, 2.05) is 30.3 Å². The molecule has 5 heteroatoms. The maximum Gasteiger partial charge on any atom is 0.156 e. The van der Waals surface area contributed by atoms with Crippen LogP contribution in [-0.4, -0.2) is 17.1 Å². The first-order valence-electron chi connectivity index (χ1n) is 6.08. The first kappa shape index (κ1) is 12.7. The number of pyridine rings is 2. The lowest BCUT2D eigenvalue weighted by Gasteiger charge is -2.12. The Balaban J connectivity index is 2.01. The highest BCUT2D eigenvalue weighted by Crippen LogP contribution is 2.33. The van der Waals surface area contributed by atoms with Crippen LogP contribution in [0.3, 0.4) is 0 Å². The SMILES string of the molecule is COc1ccnc(Cl)c1Nc1ccc2ncccc2c1. The van der Waals surface area contributed by atoms with E-state index in [9.17, 15) is 0 Å². The number of methoxy groups -OCH3 is 1. The summed E-state index contributed by atoms with van der Waals surface area (Å²) in [5.74, 6) is 0.649. The highest BCUT2D eigenvalue weighted by molar-refractivity contribution is 6.32. The standard InChI is InChI=1S/C15H12ClN3O/c1-20-13-6-8-18-15(16)14(13)19-11-4-5-12-10(9-11)3-2-7-17-12/h2-9,19H,1H3. The number of halogens is 1. The summed E-state index contributed by atoms with van der Waals surface area (Å²) in [6.07, 6.45) is 3.38. The number of ether oxygens (including phenoxy) is 1. The molecule has 4 nitrogen and oxygen atoms in total. The Bertz CT molecular complexity index is 761. The summed E-state index contributed by atoms with van der Waals surface area (Å²) in [5.41, 5.74) is 2.50. The molecule has 0 amide bonds. The Hall–Kier alpha value is -2.33. The summed E-state index contributed by atoms with van der Waals surface area (Å²) in [6, 6.07) is 11.6. The fourth-order valence-corrected chi connectivity index (χ4v) is 2.20. The van der Waals surface area contributed by atoms with Gasteiger partial charge in [-0.05, 0) is 24.3 Å². The number of nitrogens with zero attached hydrogens (tertiary/aromatic N) is 2. The van der Waals surface area contributed by atoms with Gasteiger partial charge in [0.05, 0.1) is 12.6 Å². The molecule has 1 N–H and O–H groups in total. The molecule has 0 unspecified atom stereocenters. The Morgan fingerprint density at radius 1 is 1.10 bits per heavy atom. The number of fused-ring (bicyclic) bond motifs is 1. The molecule has 2 aromatic heterocycles. The van der Waals surface area contributed by atoms with Gasteiger partial charge in [-0.3, -0.25) is 4.98 Å². The molecule has 0 atom stereocenters. The molecule has 0 saturated carbocycles. The number of hydrogen-bond donors (Lipinski definition) is 1. The van der Waals surface area contributed by atoms with Gasteiger partial charge in [0.15, 0.2) is 5.15 Å². The molecule has 20 heavy (non-hydrogen) atoms. The van der Waals surface area contributed by atoms with E-state index in [1.54, 1.807) is 25.6 Å². The first-order valence-corrected chi connectivity index (χ1v) is 6.46. The summed E-state index contributed by atoms with van der Waals surface area (Å²) in [6.45, 7) is 0. The zero-order chi connectivity index (χ0) is 13.9. The number of hydrogen-bond acceptors (Lipinski definition) is 4. The summed E-state index contributed by atoms with van der Waals surface area (Å²) in [4.78, 5) is 8.35. The first-order chi connectivity index (χ1) is 9.78. The second-order valence-corrected chi connectivity index (χ2v) is 4.57. The average Bonchev–Trinajstić information content (AvgIpc) is 2.49. The van der Waals surface area contributed by atoms with E-state index < -0.39 is 0 Å². The highest BCUT2D eigenvalue weighted by atomic mass is 35.5. The molecule has 2 heterocycles. The lowest BCUT2D eigenvalue weighted by Crippen LogP contribution is -1.97. The van der Waals surface area contributed by atoms with E-state index in [-0.39, 0.29) is 0 Å². The minimum Gasteiger partial charge on any atom is -0.494 e. The molecule has 0 saturated heterocycles. The smallest absolute Gasteiger partial charge is 0.156 e. The molecule has 0 bridgehead atoms. The maximum absolute atomic E-state index is 6.11. The zero-order valence-electron chi connectivity index (χ0n) is 10.8. The van der Waals surface area contributed by atoms with Gasteiger partial charge < -0.3 is 10.1 Å². The molecule has 3 aromatic rings. The third-order valence-corrected chi connectivity index (χ3v) is 3.25. The molecule has 0 radical (unpaired) electrons. The van der Waals surface area contributed by atoms with Gasteiger partial charge in [0.1, 0.15) is 11.4 Å². The van der Waals surface area contributed by atoms with Crippen LogP contribution >= 0.6 is 11.6 Å². The average molecular weight is 286 g/mol. The molecule has 0 spiro atoms. The van der Waals surface area contributed by atoms with Crippen LogP contribution in [-0.2, 0) is 0 Å². The number of rotatable bonds is 3. The Morgan fingerprint density at radius 3 is 2.85 bits per heavy atom. The van der Waals surface area contributed by atoms with Crippen molar-refractivity contribution in [2.75, 3.05) is 12.4 Å². The van der Waals surface area contributed by atoms with Crippen LogP contribution in [0.1, 0.15) is 0 Å². The summed E-state index contributed by atoms with van der Waals surface area (Å²) in [7, 11) is 1.60. The van der Waals surface area contributed by atoms with Crippen LogP contribution in [0.15, 0.2) is 48.8 Å². The Labute approximate surface area is 121 Å².